The molecule has 2 aliphatic heterocycles. The SMILES string of the molecule is CCOC(=O)N1CCC2S[C]=CC2C1. The highest BCUT2D eigenvalue weighted by atomic mass is 32.2. The summed E-state index contributed by atoms with van der Waals surface area (Å²) in [5.74, 6) is 0.484. The van der Waals surface area contributed by atoms with E-state index in [1.807, 2.05) is 6.92 Å². The van der Waals surface area contributed by atoms with E-state index in [1.165, 1.54) is 0 Å². The molecule has 3 nitrogen and oxygen atoms in total. The topological polar surface area (TPSA) is 29.5 Å². The van der Waals surface area contributed by atoms with Gasteiger partial charge >= 0.3 is 6.09 Å². The van der Waals surface area contributed by atoms with E-state index in [0.717, 1.165) is 19.5 Å². The molecule has 2 heterocycles. The summed E-state index contributed by atoms with van der Waals surface area (Å²) in [4.78, 5) is 13.2. The summed E-state index contributed by atoms with van der Waals surface area (Å²) in [5.41, 5.74) is 0. The summed E-state index contributed by atoms with van der Waals surface area (Å²) in [6, 6.07) is 0. The zero-order chi connectivity index (χ0) is 9.97. The maximum absolute atomic E-state index is 11.4. The minimum Gasteiger partial charge on any atom is -0.450 e. The van der Waals surface area contributed by atoms with E-state index in [-0.39, 0.29) is 6.09 Å². The molecule has 4 heteroatoms. The molecule has 0 spiro atoms. The van der Waals surface area contributed by atoms with Crippen LogP contribution in [-0.4, -0.2) is 35.9 Å². The Morgan fingerprint density at radius 2 is 2.64 bits per heavy atom. The van der Waals surface area contributed by atoms with E-state index < -0.39 is 0 Å². The summed E-state index contributed by atoms with van der Waals surface area (Å²) in [5, 5.41) is 3.81. The predicted molar refractivity (Wildman–Crippen MR) is 55.9 cm³/mol. The highest BCUT2D eigenvalue weighted by Gasteiger charge is 2.33. The fourth-order valence-electron chi connectivity index (χ4n) is 1.86. The first-order chi connectivity index (χ1) is 6.81. The molecule has 2 atom stereocenters. The molecule has 2 aliphatic rings. The Hall–Kier alpha value is -0.640. The van der Waals surface area contributed by atoms with Crippen LogP contribution in [0, 0.1) is 11.3 Å². The molecule has 0 aromatic carbocycles. The van der Waals surface area contributed by atoms with Gasteiger partial charge in [-0.3, -0.25) is 0 Å². The Morgan fingerprint density at radius 1 is 1.79 bits per heavy atom. The number of thioether (sulfide) groups is 1. The van der Waals surface area contributed by atoms with Gasteiger partial charge in [-0.05, 0) is 13.3 Å². The second-order valence-electron chi connectivity index (χ2n) is 3.54. The van der Waals surface area contributed by atoms with Crippen molar-refractivity contribution in [2.75, 3.05) is 19.7 Å². The lowest BCUT2D eigenvalue weighted by atomic mass is 9.98. The van der Waals surface area contributed by atoms with Crippen LogP contribution in [0.1, 0.15) is 13.3 Å². The normalized spacial score (nSPS) is 30.2. The van der Waals surface area contributed by atoms with E-state index in [1.54, 1.807) is 16.7 Å². The zero-order valence-electron chi connectivity index (χ0n) is 8.23. The molecule has 1 saturated heterocycles. The quantitative estimate of drug-likeness (QED) is 0.665. The molecule has 77 valence electrons. The zero-order valence-corrected chi connectivity index (χ0v) is 9.05. The molecule has 0 N–H and O–H groups in total. The Balaban J connectivity index is 1.90. The lowest BCUT2D eigenvalue weighted by Crippen LogP contribution is -2.43. The molecule has 0 bridgehead atoms. The van der Waals surface area contributed by atoms with E-state index in [2.05, 4.69) is 11.5 Å². The third kappa shape index (κ3) is 1.90. The van der Waals surface area contributed by atoms with Crippen molar-refractivity contribution >= 4 is 17.9 Å². The average Bonchev–Trinajstić information content (AvgIpc) is 2.64. The molecule has 2 unspecified atom stereocenters. The van der Waals surface area contributed by atoms with Gasteiger partial charge in [0.05, 0.1) is 6.61 Å². The summed E-state index contributed by atoms with van der Waals surface area (Å²) in [7, 11) is 0. The smallest absolute Gasteiger partial charge is 0.409 e. The Labute approximate surface area is 88.5 Å². The number of likely N-dealkylation sites (tertiary alicyclic amines) is 1. The van der Waals surface area contributed by atoms with Gasteiger partial charge in [0.15, 0.2) is 0 Å². The standard InChI is InChI=1S/C10H14NO2S/c1-2-13-10(12)11-5-3-9-8(7-11)4-6-14-9/h4,8-9H,2-3,5,7H2,1H3. The molecular weight excluding hydrogens is 198 g/mol. The van der Waals surface area contributed by atoms with Crippen LogP contribution in [0.3, 0.4) is 0 Å². The number of hydrogen-bond acceptors (Lipinski definition) is 3. The van der Waals surface area contributed by atoms with Crippen molar-refractivity contribution in [2.24, 2.45) is 5.92 Å². The van der Waals surface area contributed by atoms with Gasteiger partial charge in [-0.15, -0.1) is 11.8 Å². The lowest BCUT2D eigenvalue weighted by Gasteiger charge is -2.33. The molecule has 14 heavy (non-hydrogen) atoms. The van der Waals surface area contributed by atoms with Crippen molar-refractivity contribution in [1.82, 2.24) is 4.90 Å². The largest absolute Gasteiger partial charge is 0.450 e. The van der Waals surface area contributed by atoms with Crippen molar-refractivity contribution in [1.29, 1.82) is 0 Å². The third-order valence-electron chi connectivity index (χ3n) is 2.62. The van der Waals surface area contributed by atoms with Crippen LogP contribution >= 0.6 is 11.8 Å². The van der Waals surface area contributed by atoms with Gasteiger partial charge in [-0.2, -0.15) is 0 Å². The monoisotopic (exact) mass is 212 g/mol. The molecule has 1 radical (unpaired) electrons. The maximum Gasteiger partial charge on any atom is 0.409 e. The van der Waals surface area contributed by atoms with Gasteiger partial charge in [0.1, 0.15) is 0 Å². The summed E-state index contributed by atoms with van der Waals surface area (Å²) < 4.78 is 4.98. The average molecular weight is 212 g/mol. The van der Waals surface area contributed by atoms with Gasteiger partial charge in [0.2, 0.25) is 0 Å². The fourth-order valence-corrected chi connectivity index (χ4v) is 2.85. The van der Waals surface area contributed by atoms with E-state index in [9.17, 15) is 4.79 Å². The molecular formula is C10H14NO2S. The van der Waals surface area contributed by atoms with Crippen LogP contribution in [0.2, 0.25) is 0 Å². The van der Waals surface area contributed by atoms with Crippen molar-refractivity contribution in [3.05, 3.63) is 11.5 Å². The number of carbonyl (C=O) groups excluding carboxylic acids is 1. The minimum atomic E-state index is -0.170. The van der Waals surface area contributed by atoms with Crippen LogP contribution in [0.5, 0.6) is 0 Å². The summed E-state index contributed by atoms with van der Waals surface area (Å²) >= 11 is 1.77. The van der Waals surface area contributed by atoms with Crippen molar-refractivity contribution in [2.45, 2.75) is 18.6 Å². The molecule has 0 saturated carbocycles. The van der Waals surface area contributed by atoms with E-state index >= 15 is 0 Å². The number of fused-ring (bicyclic) bond motifs is 1. The van der Waals surface area contributed by atoms with E-state index in [4.69, 9.17) is 4.74 Å². The Kier molecular flexibility index (Phi) is 3.01. The van der Waals surface area contributed by atoms with Gasteiger partial charge in [-0.25, -0.2) is 4.79 Å². The van der Waals surface area contributed by atoms with Crippen LogP contribution in [0.25, 0.3) is 0 Å². The molecule has 0 aromatic heterocycles. The number of nitrogens with zero attached hydrogens (tertiary/aromatic N) is 1. The van der Waals surface area contributed by atoms with Gasteiger partial charge in [0, 0.05) is 29.7 Å². The van der Waals surface area contributed by atoms with Gasteiger partial charge in [-0.1, -0.05) is 6.08 Å². The first-order valence-electron chi connectivity index (χ1n) is 4.97. The fraction of sp³-hybridized carbons (Fsp3) is 0.700. The highest BCUT2D eigenvalue weighted by Crippen LogP contribution is 2.35. The first kappa shape index (κ1) is 9.90. The number of carbonyl (C=O) groups is 1. The predicted octanol–water partition coefficient (Wildman–Crippen LogP) is 1.90. The number of hydrogen-bond donors (Lipinski definition) is 0. The lowest BCUT2D eigenvalue weighted by molar-refractivity contribution is 0.0947. The van der Waals surface area contributed by atoms with Crippen LogP contribution in [-0.2, 0) is 4.74 Å². The molecule has 0 aliphatic carbocycles. The van der Waals surface area contributed by atoms with Crippen LogP contribution in [0.15, 0.2) is 6.08 Å². The number of ether oxygens (including phenoxy) is 1. The van der Waals surface area contributed by atoms with Gasteiger partial charge in [0.25, 0.3) is 0 Å². The van der Waals surface area contributed by atoms with Crippen molar-refractivity contribution < 1.29 is 9.53 Å². The van der Waals surface area contributed by atoms with Gasteiger partial charge < -0.3 is 9.64 Å². The Bertz CT molecular complexity index is 255. The summed E-state index contributed by atoms with van der Waals surface area (Å²) in [6.45, 7) is 3.91. The number of rotatable bonds is 1. The van der Waals surface area contributed by atoms with E-state index in [0.29, 0.717) is 17.8 Å². The first-order valence-corrected chi connectivity index (χ1v) is 5.85. The number of piperidine rings is 1. The number of amides is 1. The summed E-state index contributed by atoms with van der Waals surface area (Å²) in [6.07, 6.45) is 2.97. The van der Waals surface area contributed by atoms with Crippen molar-refractivity contribution in [3.63, 3.8) is 0 Å². The molecule has 1 fully saturated rings. The second kappa shape index (κ2) is 4.26. The minimum absolute atomic E-state index is 0.170. The second-order valence-corrected chi connectivity index (χ2v) is 4.62. The van der Waals surface area contributed by atoms with Crippen molar-refractivity contribution in [3.8, 4) is 0 Å². The van der Waals surface area contributed by atoms with Crippen LogP contribution in [0.4, 0.5) is 4.79 Å². The maximum atomic E-state index is 11.4. The third-order valence-corrected chi connectivity index (χ3v) is 3.78. The van der Waals surface area contributed by atoms with Crippen LogP contribution < -0.4 is 0 Å². The highest BCUT2D eigenvalue weighted by molar-refractivity contribution is 8.01. The molecule has 1 amide bonds. The molecule has 2 rings (SSSR count). The Morgan fingerprint density at radius 3 is 3.43 bits per heavy atom. The molecule has 0 aromatic rings.